The van der Waals surface area contributed by atoms with E-state index in [-0.39, 0.29) is 5.91 Å². The quantitative estimate of drug-likeness (QED) is 0.600. The fourth-order valence-electron chi connectivity index (χ4n) is 2.64. The van der Waals surface area contributed by atoms with Gasteiger partial charge in [-0.1, -0.05) is 46.5 Å². The third-order valence-electron chi connectivity index (χ3n) is 3.79. The number of carbonyl (C=O) groups is 1. The van der Waals surface area contributed by atoms with E-state index in [1.165, 1.54) is 43.4 Å². The second-order valence-electron chi connectivity index (χ2n) is 5.36. The monoisotopic (exact) mass is 491 g/mol. The molecule has 0 atom stereocenters. The van der Waals surface area contributed by atoms with Gasteiger partial charge in [-0.25, -0.2) is 0 Å². The summed E-state index contributed by atoms with van der Waals surface area (Å²) in [6, 6.07) is 5.65. The van der Waals surface area contributed by atoms with Gasteiger partial charge in [-0.3, -0.25) is 10.1 Å². The highest BCUT2D eigenvalue weighted by Gasteiger charge is 2.20. The van der Waals surface area contributed by atoms with Crippen LogP contribution in [0.5, 0.6) is 0 Å². The molecule has 1 aromatic heterocycles. The Hall–Kier alpha value is -0.540. The fraction of sp³-hybridized carbons (Fsp3) is 0.400. The molecule has 0 bridgehead atoms. The second-order valence-corrected chi connectivity index (χ2v) is 8.45. The van der Waals surface area contributed by atoms with Gasteiger partial charge in [-0.2, -0.15) is 0 Å². The van der Waals surface area contributed by atoms with Gasteiger partial charge < -0.3 is 0 Å². The summed E-state index contributed by atoms with van der Waals surface area (Å²) in [6.07, 6.45) is 6.22. The number of nitrogens with one attached hydrogen (secondary N) is 1. The smallest absolute Gasteiger partial charge is 0.258 e. The molecule has 0 saturated heterocycles. The zero-order valence-corrected chi connectivity index (χ0v) is 16.4. The first kappa shape index (κ1) is 16.3. The van der Waals surface area contributed by atoms with Gasteiger partial charge in [0.15, 0.2) is 0 Å². The Kier molecular flexibility index (Phi) is 5.46. The number of benzene rings is 1. The lowest BCUT2D eigenvalue weighted by Gasteiger charge is -2.18. The number of nitrogens with zero attached hydrogens (tertiary/aromatic N) is 2. The van der Waals surface area contributed by atoms with Gasteiger partial charge in [0.05, 0.1) is 5.56 Å². The minimum Gasteiger partial charge on any atom is -0.296 e. The number of anilines is 1. The van der Waals surface area contributed by atoms with Gasteiger partial charge in [-0.15, -0.1) is 10.2 Å². The number of rotatable bonds is 3. The number of aromatic nitrogens is 2. The van der Waals surface area contributed by atoms with Crippen molar-refractivity contribution in [2.75, 3.05) is 5.32 Å². The van der Waals surface area contributed by atoms with Gasteiger partial charge in [0.1, 0.15) is 5.01 Å². The van der Waals surface area contributed by atoms with E-state index in [0.29, 0.717) is 16.6 Å². The molecule has 0 radical (unpaired) electrons. The molecule has 1 heterocycles. The molecule has 1 fully saturated rings. The molecule has 116 valence electrons. The average Bonchev–Trinajstić information content (AvgIpc) is 2.99. The van der Waals surface area contributed by atoms with E-state index in [0.717, 1.165) is 13.1 Å². The van der Waals surface area contributed by atoms with Crippen molar-refractivity contribution in [3.63, 3.8) is 0 Å². The van der Waals surface area contributed by atoms with Crippen LogP contribution in [-0.4, -0.2) is 16.1 Å². The molecular weight excluding hydrogens is 477 g/mol. The van der Waals surface area contributed by atoms with Gasteiger partial charge in [0.2, 0.25) is 5.13 Å². The van der Waals surface area contributed by atoms with Crippen molar-refractivity contribution in [1.82, 2.24) is 10.2 Å². The van der Waals surface area contributed by atoms with E-state index in [1.807, 2.05) is 18.2 Å². The Morgan fingerprint density at radius 2 is 2.05 bits per heavy atom. The van der Waals surface area contributed by atoms with E-state index in [9.17, 15) is 4.79 Å². The van der Waals surface area contributed by atoms with Crippen molar-refractivity contribution < 1.29 is 4.79 Å². The Morgan fingerprint density at radius 1 is 1.27 bits per heavy atom. The normalized spacial score (nSPS) is 15.7. The molecule has 0 aliphatic heterocycles. The second kappa shape index (κ2) is 7.35. The third-order valence-corrected chi connectivity index (χ3v) is 6.22. The Bertz CT molecular complexity index is 685. The van der Waals surface area contributed by atoms with Crippen molar-refractivity contribution in [2.45, 2.75) is 38.0 Å². The van der Waals surface area contributed by atoms with Crippen molar-refractivity contribution in [1.29, 1.82) is 0 Å². The molecule has 1 N–H and O–H groups in total. The number of hydrogen-bond donors (Lipinski definition) is 1. The summed E-state index contributed by atoms with van der Waals surface area (Å²) < 4.78 is 1.80. The lowest BCUT2D eigenvalue weighted by molar-refractivity contribution is 0.102. The van der Waals surface area contributed by atoms with Crippen LogP contribution in [0.1, 0.15) is 53.4 Å². The summed E-state index contributed by atoms with van der Waals surface area (Å²) in [5.41, 5.74) is 0.643. The minimum absolute atomic E-state index is 0.142. The molecule has 3 rings (SSSR count). The molecule has 1 aromatic carbocycles. The largest absolute Gasteiger partial charge is 0.296 e. The van der Waals surface area contributed by atoms with E-state index in [1.54, 1.807) is 0 Å². The molecule has 1 aliphatic carbocycles. The molecule has 1 saturated carbocycles. The van der Waals surface area contributed by atoms with Crippen LogP contribution >= 0.6 is 49.9 Å². The molecule has 1 amide bonds. The van der Waals surface area contributed by atoms with Crippen LogP contribution in [0, 0.1) is 3.57 Å². The summed E-state index contributed by atoms with van der Waals surface area (Å²) in [5.74, 6) is 0.375. The number of carbonyl (C=O) groups excluding carboxylic acids is 1. The molecule has 1 aliphatic rings. The first-order valence-corrected chi connectivity index (χ1v) is 9.92. The Morgan fingerprint density at radius 3 is 2.82 bits per heavy atom. The van der Waals surface area contributed by atoms with Gasteiger partial charge in [0, 0.05) is 14.0 Å². The molecule has 0 unspecified atom stereocenters. The van der Waals surface area contributed by atoms with Crippen LogP contribution in [0.25, 0.3) is 0 Å². The van der Waals surface area contributed by atoms with Gasteiger partial charge in [-0.05, 0) is 53.6 Å². The van der Waals surface area contributed by atoms with Crippen LogP contribution in [0.15, 0.2) is 22.7 Å². The van der Waals surface area contributed by atoms with Gasteiger partial charge in [0.25, 0.3) is 5.91 Å². The predicted octanol–water partition coefficient (Wildman–Crippen LogP) is 5.21. The average molecular weight is 492 g/mol. The SMILES string of the molecule is O=C(Nc1nnc(C2CCCCC2)s1)c1cc(Br)ccc1I. The predicted molar refractivity (Wildman–Crippen MR) is 101 cm³/mol. The van der Waals surface area contributed by atoms with Crippen LogP contribution in [0.4, 0.5) is 5.13 Å². The zero-order chi connectivity index (χ0) is 15.5. The Labute approximate surface area is 155 Å². The maximum absolute atomic E-state index is 12.4. The van der Waals surface area contributed by atoms with E-state index in [2.05, 4.69) is 54.0 Å². The highest BCUT2D eigenvalue weighted by Crippen LogP contribution is 2.35. The number of halogens is 2. The maximum Gasteiger partial charge on any atom is 0.258 e. The first-order valence-electron chi connectivity index (χ1n) is 7.23. The highest BCUT2D eigenvalue weighted by atomic mass is 127. The van der Waals surface area contributed by atoms with E-state index in [4.69, 9.17) is 0 Å². The summed E-state index contributed by atoms with van der Waals surface area (Å²) in [4.78, 5) is 12.4. The minimum atomic E-state index is -0.142. The van der Waals surface area contributed by atoms with Crippen LogP contribution < -0.4 is 5.32 Å². The van der Waals surface area contributed by atoms with Crippen molar-refractivity contribution in [3.8, 4) is 0 Å². The molecule has 7 heteroatoms. The lowest BCUT2D eigenvalue weighted by atomic mass is 9.90. The summed E-state index contributed by atoms with van der Waals surface area (Å²) in [5, 5.41) is 12.9. The highest BCUT2D eigenvalue weighted by molar-refractivity contribution is 14.1. The van der Waals surface area contributed by atoms with Crippen molar-refractivity contribution >= 4 is 60.9 Å². The fourth-order valence-corrected chi connectivity index (χ4v) is 4.48. The zero-order valence-electron chi connectivity index (χ0n) is 11.8. The number of hydrogen-bond acceptors (Lipinski definition) is 4. The summed E-state index contributed by atoms with van der Waals surface area (Å²) in [7, 11) is 0. The van der Waals surface area contributed by atoms with Crippen LogP contribution in [0.3, 0.4) is 0 Å². The van der Waals surface area contributed by atoms with Crippen LogP contribution in [0.2, 0.25) is 0 Å². The van der Waals surface area contributed by atoms with E-state index < -0.39 is 0 Å². The number of amides is 1. The van der Waals surface area contributed by atoms with Gasteiger partial charge >= 0.3 is 0 Å². The summed E-state index contributed by atoms with van der Waals surface area (Å²) in [6.45, 7) is 0. The molecular formula is C15H15BrIN3OS. The summed E-state index contributed by atoms with van der Waals surface area (Å²) >= 11 is 7.06. The lowest BCUT2D eigenvalue weighted by Crippen LogP contribution is -2.13. The standard InChI is InChI=1S/C15H15BrIN3OS/c16-10-6-7-12(17)11(8-10)13(21)18-15-20-19-14(22-15)9-4-2-1-3-5-9/h6-9H,1-5H2,(H,18,20,21). The third kappa shape index (κ3) is 3.86. The molecule has 0 spiro atoms. The molecule has 22 heavy (non-hydrogen) atoms. The molecule has 2 aromatic rings. The Balaban J connectivity index is 1.71. The van der Waals surface area contributed by atoms with Crippen molar-refractivity contribution in [3.05, 3.63) is 36.8 Å². The maximum atomic E-state index is 12.4. The topological polar surface area (TPSA) is 54.9 Å². The first-order chi connectivity index (χ1) is 10.6. The van der Waals surface area contributed by atoms with E-state index >= 15 is 0 Å². The van der Waals surface area contributed by atoms with Crippen molar-refractivity contribution in [2.24, 2.45) is 0 Å². The molecule has 4 nitrogen and oxygen atoms in total. The van der Waals surface area contributed by atoms with Crippen LogP contribution in [-0.2, 0) is 0 Å².